The molecular formula is C35H48N6O5S. The molecule has 12 heteroatoms. The fourth-order valence-electron chi connectivity index (χ4n) is 6.52. The second-order valence-corrected chi connectivity index (χ2v) is 13.9. The molecule has 0 aliphatic carbocycles. The molecule has 0 radical (unpaired) electrons. The van der Waals surface area contributed by atoms with Gasteiger partial charge in [-0.25, -0.2) is 0 Å². The molecule has 2 aromatic rings. The molecule has 2 heterocycles. The third-order valence-electron chi connectivity index (χ3n) is 8.95. The molecule has 254 valence electrons. The molecule has 6 atom stereocenters. The summed E-state index contributed by atoms with van der Waals surface area (Å²) in [5.41, 5.74) is 13.6. The van der Waals surface area contributed by atoms with Crippen molar-refractivity contribution in [1.29, 1.82) is 0 Å². The molecule has 2 saturated heterocycles. The van der Waals surface area contributed by atoms with E-state index in [1.54, 1.807) is 21.6 Å². The molecule has 2 aromatic carbocycles. The predicted molar refractivity (Wildman–Crippen MR) is 183 cm³/mol. The molecule has 11 nitrogen and oxygen atoms in total. The van der Waals surface area contributed by atoms with Crippen molar-refractivity contribution in [3.8, 4) is 0 Å². The Morgan fingerprint density at radius 2 is 1.51 bits per heavy atom. The largest absolute Gasteiger partial charge is 0.368 e. The number of primary amides is 1. The zero-order chi connectivity index (χ0) is 34.1. The summed E-state index contributed by atoms with van der Waals surface area (Å²) in [4.78, 5) is 70.5. The van der Waals surface area contributed by atoms with Crippen LogP contribution in [0.25, 0.3) is 0 Å². The summed E-state index contributed by atoms with van der Waals surface area (Å²) >= 11 is 1.55. The smallest absolute Gasteiger partial charge is 0.246 e. The van der Waals surface area contributed by atoms with Crippen molar-refractivity contribution in [3.05, 3.63) is 71.8 Å². The standard InChI is InChI=1S/C35H48N6O5S/c1-22(2)18-29(33(44)38-27(31(37)42)15-17-47-3)41-21-25-14-16-40(30(25)35(41)46)34(45)28(20-24-12-8-5-9-13-24)39-32(43)26(36)19-23-10-6-4-7-11-23/h4-13,22,25-30H,14-21,36H2,1-3H3,(H2,37,42)(H,38,44)(H,39,43)/t25-,26-,27-,28-,29-,30-/m0/s1. The van der Waals surface area contributed by atoms with Crippen LogP contribution in [0.4, 0.5) is 0 Å². The fraction of sp³-hybridized carbons (Fsp3) is 0.514. The van der Waals surface area contributed by atoms with Gasteiger partial charge >= 0.3 is 0 Å². The van der Waals surface area contributed by atoms with E-state index in [1.165, 1.54) is 0 Å². The van der Waals surface area contributed by atoms with E-state index in [9.17, 15) is 24.0 Å². The van der Waals surface area contributed by atoms with Gasteiger partial charge in [-0.15, -0.1) is 0 Å². The third kappa shape index (κ3) is 9.35. The summed E-state index contributed by atoms with van der Waals surface area (Å²) < 4.78 is 0. The van der Waals surface area contributed by atoms with Gasteiger partial charge in [-0.2, -0.15) is 11.8 Å². The van der Waals surface area contributed by atoms with Gasteiger partial charge in [0.2, 0.25) is 29.5 Å². The molecular weight excluding hydrogens is 616 g/mol. The van der Waals surface area contributed by atoms with Crippen LogP contribution in [0.15, 0.2) is 60.7 Å². The summed E-state index contributed by atoms with van der Waals surface area (Å²) in [5.74, 6) is -1.57. The van der Waals surface area contributed by atoms with Gasteiger partial charge in [0.05, 0.1) is 6.04 Å². The number of nitrogens with zero attached hydrogens (tertiary/aromatic N) is 2. The van der Waals surface area contributed by atoms with Crippen LogP contribution >= 0.6 is 11.8 Å². The molecule has 0 aromatic heterocycles. The minimum Gasteiger partial charge on any atom is -0.368 e. The number of rotatable bonds is 16. The Balaban J connectivity index is 1.52. The van der Waals surface area contributed by atoms with Crippen LogP contribution in [0.2, 0.25) is 0 Å². The predicted octanol–water partition coefficient (Wildman–Crippen LogP) is 1.48. The van der Waals surface area contributed by atoms with Crippen LogP contribution in [-0.2, 0) is 36.8 Å². The molecule has 5 amide bonds. The van der Waals surface area contributed by atoms with Crippen molar-refractivity contribution in [2.45, 2.75) is 76.2 Å². The number of carbonyl (C=O) groups excluding carboxylic acids is 5. The highest BCUT2D eigenvalue weighted by molar-refractivity contribution is 7.98. The zero-order valence-corrected chi connectivity index (χ0v) is 28.3. The van der Waals surface area contributed by atoms with E-state index in [0.717, 1.165) is 11.1 Å². The number of hydrogen-bond donors (Lipinski definition) is 4. The van der Waals surface area contributed by atoms with Gasteiger partial charge in [-0.1, -0.05) is 74.5 Å². The minimum atomic E-state index is -0.935. The number of benzene rings is 2. The number of carbonyl (C=O) groups is 5. The Bertz CT molecular complexity index is 1390. The van der Waals surface area contributed by atoms with Crippen molar-refractivity contribution in [2.24, 2.45) is 23.3 Å². The van der Waals surface area contributed by atoms with E-state index in [2.05, 4.69) is 10.6 Å². The Labute approximate surface area is 281 Å². The average molecular weight is 665 g/mol. The van der Waals surface area contributed by atoms with Crippen LogP contribution in [0.1, 0.15) is 44.2 Å². The maximum atomic E-state index is 14.2. The Morgan fingerprint density at radius 3 is 2.09 bits per heavy atom. The zero-order valence-electron chi connectivity index (χ0n) is 27.5. The van der Waals surface area contributed by atoms with Crippen LogP contribution in [0.5, 0.6) is 0 Å². The van der Waals surface area contributed by atoms with Gasteiger partial charge in [0.25, 0.3) is 0 Å². The van der Waals surface area contributed by atoms with Crippen LogP contribution in [-0.4, -0.2) is 94.6 Å². The number of nitrogens with two attached hydrogens (primary N) is 2. The first kappa shape index (κ1) is 35.9. The lowest BCUT2D eigenvalue weighted by Crippen LogP contribution is -2.57. The number of hydrogen-bond acceptors (Lipinski definition) is 7. The number of nitrogens with one attached hydrogen (secondary N) is 2. The molecule has 0 unspecified atom stereocenters. The first-order valence-electron chi connectivity index (χ1n) is 16.3. The maximum Gasteiger partial charge on any atom is 0.246 e. The van der Waals surface area contributed by atoms with Gasteiger partial charge in [-0.3, -0.25) is 24.0 Å². The SMILES string of the molecule is CSCC[C@H](NC(=O)[C@H](CC(C)C)N1C[C@@H]2CCN(C(=O)[C@H](Cc3ccccc3)NC(=O)[C@@H](N)Cc3ccccc3)[C@@H]2C1=O)C(N)=O. The van der Waals surface area contributed by atoms with E-state index >= 15 is 0 Å². The molecule has 6 N–H and O–H groups in total. The first-order chi connectivity index (χ1) is 22.5. The topological polar surface area (TPSA) is 168 Å². The molecule has 0 saturated carbocycles. The number of fused-ring (bicyclic) bond motifs is 1. The van der Waals surface area contributed by atoms with Gasteiger partial charge in [-0.05, 0) is 54.7 Å². The van der Waals surface area contributed by atoms with Gasteiger partial charge < -0.3 is 31.9 Å². The van der Waals surface area contributed by atoms with Gasteiger partial charge in [0.1, 0.15) is 24.2 Å². The number of amides is 5. The molecule has 2 fully saturated rings. The molecule has 47 heavy (non-hydrogen) atoms. The molecule has 2 aliphatic heterocycles. The second kappa shape index (κ2) is 16.8. The lowest BCUT2D eigenvalue weighted by atomic mass is 10.0. The first-order valence-corrected chi connectivity index (χ1v) is 17.7. The highest BCUT2D eigenvalue weighted by Crippen LogP contribution is 2.35. The quantitative estimate of drug-likeness (QED) is 0.211. The summed E-state index contributed by atoms with van der Waals surface area (Å²) in [5, 5.41) is 5.68. The molecule has 4 rings (SSSR count). The Morgan fingerprint density at radius 1 is 0.915 bits per heavy atom. The summed E-state index contributed by atoms with van der Waals surface area (Å²) in [6.07, 6.45) is 3.83. The van der Waals surface area contributed by atoms with E-state index in [4.69, 9.17) is 11.5 Å². The van der Waals surface area contributed by atoms with Crippen molar-refractivity contribution < 1.29 is 24.0 Å². The van der Waals surface area contributed by atoms with Gasteiger partial charge in [0.15, 0.2) is 0 Å². The highest BCUT2D eigenvalue weighted by Gasteiger charge is 2.53. The van der Waals surface area contributed by atoms with E-state index < -0.39 is 47.9 Å². The molecule has 0 bridgehead atoms. The summed E-state index contributed by atoms with van der Waals surface area (Å²) in [6.45, 7) is 4.62. The lowest BCUT2D eigenvalue weighted by Gasteiger charge is -2.32. The number of likely N-dealkylation sites (tertiary alicyclic amines) is 2. The van der Waals surface area contributed by atoms with E-state index in [-0.39, 0.29) is 30.1 Å². The van der Waals surface area contributed by atoms with E-state index in [0.29, 0.717) is 44.5 Å². The van der Waals surface area contributed by atoms with Crippen LogP contribution in [0.3, 0.4) is 0 Å². The van der Waals surface area contributed by atoms with Crippen molar-refractivity contribution in [2.75, 3.05) is 25.1 Å². The van der Waals surface area contributed by atoms with Crippen molar-refractivity contribution in [3.63, 3.8) is 0 Å². The summed E-state index contributed by atoms with van der Waals surface area (Å²) in [7, 11) is 0. The number of thioether (sulfide) groups is 1. The van der Waals surface area contributed by atoms with Gasteiger partial charge in [0, 0.05) is 25.4 Å². The normalized spacial score (nSPS) is 20.0. The highest BCUT2D eigenvalue weighted by atomic mass is 32.2. The summed E-state index contributed by atoms with van der Waals surface area (Å²) in [6, 6.07) is 14.6. The van der Waals surface area contributed by atoms with E-state index in [1.807, 2.05) is 80.8 Å². The minimum absolute atomic E-state index is 0.0838. The van der Waals surface area contributed by atoms with Crippen molar-refractivity contribution in [1.82, 2.24) is 20.4 Å². The fourth-order valence-corrected chi connectivity index (χ4v) is 7.00. The Kier molecular flexibility index (Phi) is 12.8. The van der Waals surface area contributed by atoms with Crippen LogP contribution in [0, 0.1) is 11.8 Å². The second-order valence-electron chi connectivity index (χ2n) is 13.0. The average Bonchev–Trinajstić information content (AvgIpc) is 3.61. The monoisotopic (exact) mass is 664 g/mol. The lowest BCUT2D eigenvalue weighted by molar-refractivity contribution is -0.146. The molecule has 2 aliphatic rings. The maximum absolute atomic E-state index is 14.2. The molecule has 0 spiro atoms. The van der Waals surface area contributed by atoms with Crippen LogP contribution < -0.4 is 22.1 Å². The van der Waals surface area contributed by atoms with Crippen molar-refractivity contribution >= 4 is 41.3 Å². The Hall–Kier alpha value is -3.90. The third-order valence-corrected chi connectivity index (χ3v) is 9.59.